The lowest BCUT2D eigenvalue weighted by Crippen LogP contribution is -2.55. The minimum Gasteiger partial charge on any atom is -0.480 e. The van der Waals surface area contributed by atoms with Gasteiger partial charge in [0.2, 0.25) is 0 Å². The van der Waals surface area contributed by atoms with E-state index in [1.54, 1.807) is 11.8 Å². The molecule has 1 aromatic rings. The highest BCUT2D eigenvalue weighted by Crippen LogP contribution is 2.53. The van der Waals surface area contributed by atoms with E-state index in [2.05, 4.69) is 10.2 Å². The van der Waals surface area contributed by atoms with Crippen molar-refractivity contribution < 1.29 is 19.4 Å². The predicted molar refractivity (Wildman–Crippen MR) is 139 cm³/mol. The zero-order valence-corrected chi connectivity index (χ0v) is 21.9. The van der Waals surface area contributed by atoms with Crippen LogP contribution in [-0.4, -0.2) is 59.1 Å². The molecule has 4 bridgehead atoms. The molecule has 8 heteroatoms. The van der Waals surface area contributed by atoms with Crippen LogP contribution in [0.2, 0.25) is 0 Å². The minimum atomic E-state index is -0.938. The van der Waals surface area contributed by atoms with Gasteiger partial charge >= 0.3 is 5.97 Å². The van der Waals surface area contributed by atoms with Gasteiger partial charge < -0.3 is 20.1 Å². The Morgan fingerprint density at radius 1 is 1.03 bits per heavy atom. The number of carbonyl (C=O) groups is 2. The third-order valence-electron chi connectivity index (χ3n) is 9.36. The van der Waals surface area contributed by atoms with Crippen LogP contribution in [0.4, 0.5) is 5.82 Å². The van der Waals surface area contributed by atoms with Gasteiger partial charge in [0.15, 0.2) is 0 Å². The Kier molecular flexibility index (Phi) is 7.17. The Labute approximate surface area is 218 Å². The summed E-state index contributed by atoms with van der Waals surface area (Å²) in [4.78, 5) is 31.8. The summed E-state index contributed by atoms with van der Waals surface area (Å²) in [6.07, 6.45) is 13.4. The molecule has 7 nitrogen and oxygen atoms in total. The number of carbonyl (C=O) groups excluding carboxylic acids is 1. The van der Waals surface area contributed by atoms with Gasteiger partial charge in [-0.25, -0.2) is 9.78 Å². The van der Waals surface area contributed by atoms with E-state index in [0.717, 1.165) is 41.2 Å². The van der Waals surface area contributed by atoms with Crippen LogP contribution in [0.1, 0.15) is 81.0 Å². The molecule has 0 aromatic carbocycles. The highest BCUT2D eigenvalue weighted by molar-refractivity contribution is 7.99. The van der Waals surface area contributed by atoms with Crippen LogP contribution in [0.5, 0.6) is 0 Å². The van der Waals surface area contributed by atoms with Gasteiger partial charge in [-0.05, 0) is 87.2 Å². The number of nitrogens with zero attached hydrogens (tertiary/aromatic N) is 2. The summed E-state index contributed by atoms with van der Waals surface area (Å²) in [6.45, 7) is 1.15. The number of carboxylic acid groups (broad SMARTS) is 1. The molecule has 1 atom stereocenters. The Balaban J connectivity index is 1.19. The molecular weight excluding hydrogens is 474 g/mol. The molecule has 1 saturated heterocycles. The number of thioether (sulfide) groups is 1. The van der Waals surface area contributed by atoms with Crippen molar-refractivity contribution >= 4 is 29.5 Å². The summed E-state index contributed by atoms with van der Waals surface area (Å²) in [5.41, 5.74) is 0.723. The van der Waals surface area contributed by atoms with Gasteiger partial charge in [-0.15, -0.1) is 11.8 Å². The van der Waals surface area contributed by atoms with Gasteiger partial charge in [-0.1, -0.05) is 19.3 Å². The molecule has 5 saturated carbocycles. The first-order chi connectivity index (χ1) is 17.5. The number of rotatable bonds is 8. The first-order valence-corrected chi connectivity index (χ1v) is 15.0. The van der Waals surface area contributed by atoms with Crippen molar-refractivity contribution in [1.29, 1.82) is 0 Å². The number of pyridine rings is 1. The Hall–Kier alpha value is -1.80. The number of aromatic nitrogens is 1. The van der Waals surface area contributed by atoms with Crippen molar-refractivity contribution in [2.75, 3.05) is 24.6 Å². The maximum absolute atomic E-state index is 13.7. The molecule has 2 heterocycles. The number of anilines is 1. The van der Waals surface area contributed by atoms with Crippen molar-refractivity contribution in [3.8, 4) is 0 Å². The van der Waals surface area contributed by atoms with Crippen LogP contribution in [0.25, 0.3) is 0 Å². The third-order valence-corrected chi connectivity index (χ3v) is 10.7. The zero-order chi connectivity index (χ0) is 24.6. The summed E-state index contributed by atoms with van der Waals surface area (Å²) in [5.74, 6) is 3.06. The van der Waals surface area contributed by atoms with Crippen LogP contribution >= 0.6 is 11.8 Å². The van der Waals surface area contributed by atoms with E-state index in [0.29, 0.717) is 29.7 Å². The van der Waals surface area contributed by atoms with Crippen LogP contribution in [-0.2, 0) is 9.53 Å². The summed E-state index contributed by atoms with van der Waals surface area (Å²) in [6, 6.07) is 4.27. The summed E-state index contributed by atoms with van der Waals surface area (Å²) < 4.78 is 5.52. The highest BCUT2D eigenvalue weighted by Gasteiger charge is 2.48. The van der Waals surface area contributed by atoms with E-state index in [1.165, 1.54) is 64.2 Å². The lowest BCUT2D eigenvalue weighted by molar-refractivity contribution is -0.143. The second-order valence-electron chi connectivity index (χ2n) is 11.9. The molecular formula is C28H39N3O4S. The van der Waals surface area contributed by atoms with Gasteiger partial charge in [0.25, 0.3) is 5.91 Å². The van der Waals surface area contributed by atoms with Gasteiger partial charge in [0, 0.05) is 24.4 Å². The van der Waals surface area contributed by atoms with Gasteiger partial charge in [-0.2, -0.15) is 0 Å². The monoisotopic (exact) mass is 513 g/mol. The Morgan fingerprint density at radius 2 is 1.75 bits per heavy atom. The molecule has 5 aliphatic carbocycles. The molecule has 2 N–H and O–H groups in total. The number of ether oxygens (including phenoxy) is 1. The zero-order valence-electron chi connectivity index (χ0n) is 21.1. The standard InChI is InChI=1S/C28H39N3O4S/c32-25(33)16-35-21-8-9-31(15-21)24-7-6-23(28(29-24)36-22-4-2-1-3-5-22)27(34)30-26-19-11-17-10-18(13-19)14-20(26)12-17/h6-7,17-22,26H,1-5,8-16H2,(H,30,34)(H,32,33). The predicted octanol–water partition coefficient (Wildman–Crippen LogP) is 4.74. The van der Waals surface area contributed by atoms with Crippen LogP contribution < -0.4 is 10.2 Å². The number of nitrogens with one attached hydrogen (secondary N) is 1. The number of carboxylic acids is 1. The van der Waals surface area contributed by atoms with Crippen LogP contribution in [0.15, 0.2) is 17.2 Å². The number of hydrogen-bond acceptors (Lipinski definition) is 6. The third kappa shape index (κ3) is 5.26. The molecule has 1 aromatic heterocycles. The van der Waals surface area contributed by atoms with Gasteiger partial charge in [0.05, 0.1) is 11.7 Å². The van der Waals surface area contributed by atoms with Gasteiger partial charge in [-0.3, -0.25) is 4.79 Å². The second kappa shape index (κ2) is 10.5. The van der Waals surface area contributed by atoms with Crippen molar-refractivity contribution in [3.63, 3.8) is 0 Å². The van der Waals surface area contributed by atoms with Crippen molar-refractivity contribution in [2.45, 2.75) is 93.1 Å². The first-order valence-electron chi connectivity index (χ1n) is 14.1. The summed E-state index contributed by atoms with van der Waals surface area (Å²) >= 11 is 1.79. The Morgan fingerprint density at radius 3 is 2.44 bits per heavy atom. The average Bonchev–Trinajstić information content (AvgIpc) is 3.34. The quantitative estimate of drug-likeness (QED) is 0.519. The molecule has 196 valence electrons. The number of aliphatic carboxylic acids is 1. The highest BCUT2D eigenvalue weighted by atomic mass is 32.2. The topological polar surface area (TPSA) is 91.8 Å². The fourth-order valence-corrected chi connectivity index (χ4v) is 9.18. The molecule has 6 aliphatic rings. The maximum Gasteiger partial charge on any atom is 0.329 e. The second-order valence-corrected chi connectivity index (χ2v) is 13.2. The molecule has 7 rings (SSSR count). The molecule has 6 fully saturated rings. The minimum absolute atomic E-state index is 0.0499. The summed E-state index contributed by atoms with van der Waals surface area (Å²) in [5, 5.41) is 13.8. The van der Waals surface area contributed by atoms with Gasteiger partial charge in [0.1, 0.15) is 17.5 Å². The fourth-order valence-electron chi connectivity index (χ4n) is 7.86. The normalized spacial score (nSPS) is 33.7. The number of amides is 1. The van der Waals surface area contributed by atoms with E-state index in [-0.39, 0.29) is 18.6 Å². The van der Waals surface area contributed by atoms with Crippen molar-refractivity contribution in [2.24, 2.45) is 23.7 Å². The van der Waals surface area contributed by atoms with Crippen molar-refractivity contribution in [1.82, 2.24) is 10.3 Å². The molecule has 0 spiro atoms. The molecule has 0 radical (unpaired) electrons. The van der Waals surface area contributed by atoms with Crippen LogP contribution in [0.3, 0.4) is 0 Å². The van der Waals surface area contributed by atoms with E-state index in [1.807, 2.05) is 12.1 Å². The summed E-state index contributed by atoms with van der Waals surface area (Å²) in [7, 11) is 0. The first kappa shape index (κ1) is 24.5. The van der Waals surface area contributed by atoms with E-state index >= 15 is 0 Å². The smallest absolute Gasteiger partial charge is 0.329 e. The lowest BCUT2D eigenvalue weighted by atomic mass is 9.54. The lowest BCUT2D eigenvalue weighted by Gasteiger charge is -2.54. The van der Waals surface area contributed by atoms with E-state index < -0.39 is 5.97 Å². The average molecular weight is 514 g/mol. The molecule has 36 heavy (non-hydrogen) atoms. The van der Waals surface area contributed by atoms with Crippen LogP contribution in [0, 0.1) is 23.7 Å². The number of hydrogen-bond donors (Lipinski definition) is 2. The maximum atomic E-state index is 13.7. The molecule has 1 aliphatic heterocycles. The Bertz CT molecular complexity index is 954. The van der Waals surface area contributed by atoms with E-state index in [4.69, 9.17) is 14.8 Å². The van der Waals surface area contributed by atoms with E-state index in [9.17, 15) is 9.59 Å². The molecule has 1 unspecified atom stereocenters. The molecule has 1 amide bonds. The fraction of sp³-hybridized carbons (Fsp3) is 0.750. The largest absolute Gasteiger partial charge is 0.480 e. The SMILES string of the molecule is O=C(O)COC1CCN(c2ccc(C(=O)NC3C4CC5CC(C4)CC3C5)c(SC3CCCCC3)n2)C1. The van der Waals surface area contributed by atoms with Crippen molar-refractivity contribution in [3.05, 3.63) is 17.7 Å².